The summed E-state index contributed by atoms with van der Waals surface area (Å²) in [6.07, 6.45) is 0.812. The van der Waals surface area contributed by atoms with Crippen LogP contribution in [0.5, 0.6) is 0 Å². The lowest BCUT2D eigenvalue weighted by atomic mass is 10.1. The Morgan fingerprint density at radius 1 is 1.42 bits per heavy atom. The highest BCUT2D eigenvalue weighted by Gasteiger charge is 2.07. The maximum atomic E-state index is 11.7. The third-order valence-electron chi connectivity index (χ3n) is 2.53. The molecule has 2 N–H and O–H groups in total. The zero-order valence-corrected chi connectivity index (χ0v) is 11.7. The van der Waals surface area contributed by atoms with E-state index in [1.807, 2.05) is 44.1 Å². The van der Waals surface area contributed by atoms with Crippen LogP contribution in [-0.4, -0.2) is 43.2 Å². The number of benzene rings is 1. The SMILES string of the molecule is CCc1cc(C#CCO)ccc1NC(=O)CN(C)C. The van der Waals surface area contributed by atoms with Crippen molar-refractivity contribution >= 4 is 11.6 Å². The molecule has 19 heavy (non-hydrogen) atoms. The number of aryl methyl sites for hydroxylation is 1. The Morgan fingerprint density at radius 3 is 2.74 bits per heavy atom. The second-order valence-electron chi connectivity index (χ2n) is 4.47. The summed E-state index contributed by atoms with van der Waals surface area (Å²) in [5.41, 5.74) is 2.71. The largest absolute Gasteiger partial charge is 0.384 e. The van der Waals surface area contributed by atoms with E-state index in [2.05, 4.69) is 17.2 Å². The summed E-state index contributed by atoms with van der Waals surface area (Å²) in [7, 11) is 3.71. The average molecular weight is 260 g/mol. The predicted molar refractivity (Wildman–Crippen MR) is 77.0 cm³/mol. The zero-order chi connectivity index (χ0) is 14.3. The summed E-state index contributed by atoms with van der Waals surface area (Å²) in [4.78, 5) is 13.6. The highest BCUT2D eigenvalue weighted by atomic mass is 16.2. The Morgan fingerprint density at radius 2 is 2.16 bits per heavy atom. The molecule has 0 saturated carbocycles. The van der Waals surface area contributed by atoms with Gasteiger partial charge in [0.15, 0.2) is 0 Å². The van der Waals surface area contributed by atoms with Crippen LogP contribution in [0.2, 0.25) is 0 Å². The van der Waals surface area contributed by atoms with E-state index in [9.17, 15) is 4.79 Å². The second kappa shape index (κ2) is 7.57. The standard InChI is InChI=1S/C15H20N2O2/c1-4-13-10-12(6-5-9-18)7-8-14(13)16-15(19)11-17(2)3/h7-8,10,18H,4,9,11H2,1-3H3,(H,16,19). The van der Waals surface area contributed by atoms with E-state index in [-0.39, 0.29) is 12.5 Å². The summed E-state index contributed by atoms with van der Waals surface area (Å²) in [5, 5.41) is 11.6. The van der Waals surface area contributed by atoms with Gasteiger partial charge in [-0.3, -0.25) is 4.79 Å². The monoisotopic (exact) mass is 260 g/mol. The van der Waals surface area contributed by atoms with Gasteiger partial charge in [0.25, 0.3) is 0 Å². The van der Waals surface area contributed by atoms with Gasteiger partial charge in [0.1, 0.15) is 6.61 Å². The van der Waals surface area contributed by atoms with Crippen LogP contribution >= 0.6 is 0 Å². The van der Waals surface area contributed by atoms with Crippen molar-refractivity contribution in [2.45, 2.75) is 13.3 Å². The Balaban J connectivity index is 2.87. The van der Waals surface area contributed by atoms with Crippen LogP contribution in [0.3, 0.4) is 0 Å². The number of aliphatic hydroxyl groups is 1. The Labute approximate surface area is 114 Å². The minimum Gasteiger partial charge on any atom is -0.384 e. The molecule has 0 saturated heterocycles. The van der Waals surface area contributed by atoms with E-state index in [1.165, 1.54) is 0 Å². The van der Waals surface area contributed by atoms with Gasteiger partial charge in [-0.1, -0.05) is 18.8 Å². The third kappa shape index (κ3) is 5.12. The van der Waals surface area contributed by atoms with E-state index >= 15 is 0 Å². The van der Waals surface area contributed by atoms with Crippen molar-refractivity contribution in [1.29, 1.82) is 0 Å². The molecule has 1 rings (SSSR count). The molecule has 1 aromatic rings. The number of aliphatic hydroxyl groups excluding tert-OH is 1. The van der Waals surface area contributed by atoms with Crippen LogP contribution in [0.4, 0.5) is 5.69 Å². The molecule has 0 aliphatic carbocycles. The number of carbonyl (C=O) groups is 1. The van der Waals surface area contributed by atoms with Crippen LogP contribution in [-0.2, 0) is 11.2 Å². The molecule has 102 valence electrons. The Hall–Kier alpha value is -1.83. The normalized spacial score (nSPS) is 9.95. The smallest absolute Gasteiger partial charge is 0.238 e. The van der Waals surface area contributed by atoms with Crippen molar-refractivity contribution in [3.8, 4) is 11.8 Å². The number of amides is 1. The number of carbonyl (C=O) groups excluding carboxylic acids is 1. The number of likely N-dealkylation sites (N-methyl/N-ethyl adjacent to an activating group) is 1. The Bertz CT molecular complexity index is 499. The summed E-state index contributed by atoms with van der Waals surface area (Å²) < 4.78 is 0. The van der Waals surface area contributed by atoms with E-state index < -0.39 is 0 Å². The van der Waals surface area contributed by atoms with Crippen LogP contribution < -0.4 is 5.32 Å². The summed E-state index contributed by atoms with van der Waals surface area (Å²) in [6, 6.07) is 5.63. The molecule has 1 amide bonds. The summed E-state index contributed by atoms with van der Waals surface area (Å²) >= 11 is 0. The molecule has 1 aromatic carbocycles. The number of nitrogens with one attached hydrogen (secondary N) is 1. The molecule has 4 heteroatoms. The summed E-state index contributed by atoms with van der Waals surface area (Å²) in [5.74, 6) is 5.44. The van der Waals surface area contributed by atoms with E-state index in [4.69, 9.17) is 5.11 Å². The first-order chi connectivity index (χ1) is 9.06. The van der Waals surface area contributed by atoms with Crippen molar-refractivity contribution in [2.24, 2.45) is 0 Å². The van der Waals surface area contributed by atoms with Gasteiger partial charge >= 0.3 is 0 Å². The predicted octanol–water partition coefficient (Wildman–Crippen LogP) is 1.09. The lowest BCUT2D eigenvalue weighted by Gasteiger charge is -2.13. The van der Waals surface area contributed by atoms with E-state index in [0.717, 1.165) is 23.2 Å². The quantitative estimate of drug-likeness (QED) is 0.797. The fraction of sp³-hybridized carbons (Fsp3) is 0.400. The van der Waals surface area contributed by atoms with Crippen LogP contribution in [0, 0.1) is 11.8 Å². The van der Waals surface area contributed by atoms with Crippen LogP contribution in [0.25, 0.3) is 0 Å². The van der Waals surface area contributed by atoms with Crippen LogP contribution in [0.15, 0.2) is 18.2 Å². The highest BCUT2D eigenvalue weighted by Crippen LogP contribution is 2.18. The molecule has 0 aliphatic heterocycles. The molecular formula is C15H20N2O2. The number of hydrogen-bond acceptors (Lipinski definition) is 3. The van der Waals surface area contributed by atoms with Crippen molar-refractivity contribution in [3.63, 3.8) is 0 Å². The van der Waals surface area contributed by atoms with Crippen molar-refractivity contribution in [1.82, 2.24) is 4.90 Å². The third-order valence-corrected chi connectivity index (χ3v) is 2.53. The minimum atomic E-state index is -0.150. The molecule has 0 radical (unpaired) electrons. The molecule has 0 fully saturated rings. The maximum Gasteiger partial charge on any atom is 0.238 e. The Kier molecular flexibility index (Phi) is 6.07. The van der Waals surface area contributed by atoms with Gasteiger partial charge in [0, 0.05) is 11.3 Å². The average Bonchev–Trinajstić information content (AvgIpc) is 2.36. The summed E-state index contributed by atoms with van der Waals surface area (Å²) in [6.45, 7) is 2.23. The molecular weight excluding hydrogens is 240 g/mol. The van der Waals surface area contributed by atoms with Crippen molar-refractivity contribution < 1.29 is 9.90 Å². The number of hydrogen-bond donors (Lipinski definition) is 2. The molecule has 0 spiro atoms. The molecule has 0 aliphatic rings. The van der Waals surface area contributed by atoms with Gasteiger partial charge in [-0.25, -0.2) is 0 Å². The van der Waals surface area contributed by atoms with Gasteiger partial charge in [-0.05, 0) is 44.3 Å². The molecule has 0 bridgehead atoms. The highest BCUT2D eigenvalue weighted by molar-refractivity contribution is 5.93. The minimum absolute atomic E-state index is 0.0334. The lowest BCUT2D eigenvalue weighted by Crippen LogP contribution is -2.27. The van der Waals surface area contributed by atoms with Gasteiger partial charge < -0.3 is 15.3 Å². The first kappa shape index (κ1) is 15.2. The zero-order valence-electron chi connectivity index (χ0n) is 11.7. The van der Waals surface area contributed by atoms with Gasteiger partial charge in [-0.15, -0.1) is 0 Å². The van der Waals surface area contributed by atoms with Gasteiger partial charge in [-0.2, -0.15) is 0 Å². The van der Waals surface area contributed by atoms with E-state index in [1.54, 1.807) is 0 Å². The van der Waals surface area contributed by atoms with Crippen molar-refractivity contribution in [2.75, 3.05) is 32.6 Å². The molecule has 4 nitrogen and oxygen atoms in total. The molecule has 0 atom stereocenters. The number of rotatable bonds is 4. The fourth-order valence-corrected chi connectivity index (χ4v) is 1.70. The molecule has 0 aromatic heterocycles. The first-order valence-corrected chi connectivity index (χ1v) is 6.24. The fourth-order valence-electron chi connectivity index (χ4n) is 1.70. The van der Waals surface area contributed by atoms with Gasteiger partial charge in [0.05, 0.1) is 6.54 Å². The molecule has 0 unspecified atom stereocenters. The first-order valence-electron chi connectivity index (χ1n) is 6.24. The van der Waals surface area contributed by atoms with E-state index in [0.29, 0.717) is 6.54 Å². The van der Waals surface area contributed by atoms with Crippen LogP contribution in [0.1, 0.15) is 18.1 Å². The van der Waals surface area contributed by atoms with Crippen molar-refractivity contribution in [3.05, 3.63) is 29.3 Å². The van der Waals surface area contributed by atoms with Gasteiger partial charge in [0.2, 0.25) is 5.91 Å². The number of anilines is 1. The number of nitrogens with zero attached hydrogens (tertiary/aromatic N) is 1. The maximum absolute atomic E-state index is 11.7. The molecule has 0 heterocycles. The topological polar surface area (TPSA) is 52.6 Å². The lowest BCUT2D eigenvalue weighted by molar-refractivity contribution is -0.116. The second-order valence-corrected chi connectivity index (χ2v) is 4.47.